The Labute approximate surface area is 142 Å². The second-order valence-electron chi connectivity index (χ2n) is 4.61. The van der Waals surface area contributed by atoms with Crippen LogP contribution in [0.25, 0.3) is 0 Å². The van der Waals surface area contributed by atoms with Gasteiger partial charge in [-0.2, -0.15) is 19.1 Å². The summed E-state index contributed by atoms with van der Waals surface area (Å²) in [4.78, 5) is 11.7. The Balaban J connectivity index is 1.90. The highest BCUT2D eigenvalue weighted by atomic mass is 19.3. The molecule has 0 aliphatic carbocycles. The molecule has 0 radical (unpaired) electrons. The van der Waals surface area contributed by atoms with E-state index in [0.29, 0.717) is 5.56 Å². The summed E-state index contributed by atoms with van der Waals surface area (Å²) in [6.45, 7) is -3.32. The van der Waals surface area contributed by atoms with Crippen molar-refractivity contribution in [2.24, 2.45) is 5.10 Å². The average Bonchev–Trinajstić information content (AvgIpc) is 2.61. The molecule has 0 fully saturated rings. The summed E-state index contributed by atoms with van der Waals surface area (Å²) in [5.74, 6) is -0.356. The summed E-state index contributed by atoms with van der Waals surface area (Å²) in [7, 11) is 0. The zero-order valence-corrected chi connectivity index (χ0v) is 12.9. The van der Waals surface area contributed by atoms with Gasteiger partial charge < -0.3 is 9.47 Å². The van der Waals surface area contributed by atoms with Crippen LogP contribution in [0, 0.1) is 11.3 Å². The van der Waals surface area contributed by atoms with Crippen molar-refractivity contribution in [3.05, 3.63) is 59.7 Å². The van der Waals surface area contributed by atoms with Crippen molar-refractivity contribution in [1.82, 2.24) is 5.43 Å². The van der Waals surface area contributed by atoms with E-state index in [0.717, 1.165) is 0 Å². The molecule has 0 saturated carbocycles. The van der Waals surface area contributed by atoms with Crippen LogP contribution in [0.1, 0.15) is 11.1 Å². The summed E-state index contributed by atoms with van der Waals surface area (Å²) < 4.78 is 34.2. The van der Waals surface area contributed by atoms with Crippen molar-refractivity contribution in [3.8, 4) is 17.6 Å². The topological polar surface area (TPSA) is 83.7 Å². The summed E-state index contributed by atoms with van der Waals surface area (Å²) in [6.07, 6.45) is 1.18. The maximum atomic E-state index is 12.3. The van der Waals surface area contributed by atoms with Gasteiger partial charge in [-0.1, -0.05) is 24.3 Å². The fourth-order valence-corrected chi connectivity index (χ4v) is 1.82. The number of halogens is 2. The molecule has 0 saturated heterocycles. The first-order chi connectivity index (χ1) is 12.1. The number of benzene rings is 2. The van der Waals surface area contributed by atoms with E-state index in [1.54, 1.807) is 30.3 Å². The molecule has 0 aliphatic rings. The standard InChI is InChI=1S/C17H13F2N3O3/c18-17(19)25-15-8-4-2-6-13(15)10-21-22-16(23)11-24-14-7-3-1-5-12(14)9-20/h1-8,10,17H,11H2,(H,22,23)/b21-10-. The molecule has 2 aromatic carbocycles. The van der Waals surface area contributed by atoms with Gasteiger partial charge in [0.05, 0.1) is 11.8 Å². The van der Waals surface area contributed by atoms with Gasteiger partial charge in [0.2, 0.25) is 0 Å². The third-order valence-electron chi connectivity index (χ3n) is 2.89. The molecule has 6 nitrogen and oxygen atoms in total. The van der Waals surface area contributed by atoms with Crippen LogP contribution in [0.3, 0.4) is 0 Å². The molecule has 128 valence electrons. The van der Waals surface area contributed by atoms with E-state index in [2.05, 4.69) is 15.3 Å². The zero-order valence-electron chi connectivity index (χ0n) is 12.9. The third-order valence-corrected chi connectivity index (χ3v) is 2.89. The zero-order chi connectivity index (χ0) is 18.1. The lowest BCUT2D eigenvalue weighted by Gasteiger charge is -2.07. The number of amides is 1. The Morgan fingerprint density at radius 3 is 2.60 bits per heavy atom. The maximum Gasteiger partial charge on any atom is 0.387 e. The number of hydrogen-bond donors (Lipinski definition) is 1. The Bertz CT molecular complexity index is 804. The molecule has 8 heteroatoms. The first kappa shape index (κ1) is 17.9. The van der Waals surface area contributed by atoms with Crippen LogP contribution in [0.4, 0.5) is 8.78 Å². The lowest BCUT2D eigenvalue weighted by Crippen LogP contribution is -2.24. The number of hydrazone groups is 1. The van der Waals surface area contributed by atoms with Gasteiger partial charge in [-0.15, -0.1) is 0 Å². The average molecular weight is 345 g/mol. The molecule has 1 N–H and O–H groups in total. The van der Waals surface area contributed by atoms with Crippen molar-refractivity contribution in [1.29, 1.82) is 5.26 Å². The molecule has 0 aromatic heterocycles. The number of nitriles is 1. The molecule has 25 heavy (non-hydrogen) atoms. The second kappa shape index (κ2) is 8.98. The highest BCUT2D eigenvalue weighted by molar-refractivity contribution is 5.85. The highest BCUT2D eigenvalue weighted by Gasteiger charge is 2.08. The van der Waals surface area contributed by atoms with E-state index >= 15 is 0 Å². The van der Waals surface area contributed by atoms with Crippen LogP contribution in [-0.2, 0) is 4.79 Å². The van der Waals surface area contributed by atoms with Crippen LogP contribution >= 0.6 is 0 Å². The summed E-state index contributed by atoms with van der Waals surface area (Å²) in [6, 6.07) is 14.4. The lowest BCUT2D eigenvalue weighted by atomic mass is 10.2. The predicted molar refractivity (Wildman–Crippen MR) is 85.5 cm³/mol. The molecular weight excluding hydrogens is 332 g/mol. The molecule has 2 rings (SSSR count). The number of para-hydroxylation sites is 2. The SMILES string of the molecule is N#Cc1ccccc1OCC(=O)N/N=C\c1ccccc1OC(F)F. The number of nitrogens with zero attached hydrogens (tertiary/aromatic N) is 2. The molecular formula is C17H13F2N3O3. The quantitative estimate of drug-likeness (QED) is 0.618. The third kappa shape index (κ3) is 5.58. The van der Waals surface area contributed by atoms with E-state index < -0.39 is 12.5 Å². The van der Waals surface area contributed by atoms with Crippen molar-refractivity contribution >= 4 is 12.1 Å². The first-order valence-corrected chi connectivity index (χ1v) is 7.08. The number of carbonyl (C=O) groups is 1. The van der Waals surface area contributed by atoms with Gasteiger partial charge in [0.15, 0.2) is 6.61 Å². The second-order valence-corrected chi connectivity index (χ2v) is 4.61. The minimum atomic E-state index is -2.96. The Kier molecular flexibility index (Phi) is 6.42. The molecule has 0 bridgehead atoms. The highest BCUT2D eigenvalue weighted by Crippen LogP contribution is 2.18. The molecule has 2 aromatic rings. The summed E-state index contributed by atoms with van der Waals surface area (Å²) in [5.41, 5.74) is 2.78. The van der Waals surface area contributed by atoms with Gasteiger partial charge >= 0.3 is 6.61 Å². The first-order valence-electron chi connectivity index (χ1n) is 7.08. The number of alkyl halides is 2. The van der Waals surface area contributed by atoms with Crippen LogP contribution in [0.2, 0.25) is 0 Å². The minimum Gasteiger partial charge on any atom is -0.482 e. The molecule has 1 amide bonds. The molecule has 0 atom stereocenters. The number of carbonyl (C=O) groups excluding carboxylic acids is 1. The molecule has 0 aliphatic heterocycles. The normalized spacial score (nSPS) is 10.5. The van der Waals surface area contributed by atoms with Crippen molar-refractivity contribution < 1.29 is 23.0 Å². The van der Waals surface area contributed by atoms with Gasteiger partial charge in [0.25, 0.3) is 5.91 Å². The molecule has 0 spiro atoms. The predicted octanol–water partition coefficient (Wildman–Crippen LogP) is 2.69. The fraction of sp³-hybridized carbons (Fsp3) is 0.118. The van der Waals surface area contributed by atoms with E-state index in [-0.39, 0.29) is 23.7 Å². The fourth-order valence-electron chi connectivity index (χ4n) is 1.82. The summed E-state index contributed by atoms with van der Waals surface area (Å²) in [5, 5.41) is 12.6. The summed E-state index contributed by atoms with van der Waals surface area (Å²) >= 11 is 0. The Hall–Kier alpha value is -3.47. The van der Waals surface area contributed by atoms with Crippen LogP contribution < -0.4 is 14.9 Å². The van der Waals surface area contributed by atoms with E-state index in [1.807, 2.05) is 6.07 Å². The molecule has 0 unspecified atom stereocenters. The smallest absolute Gasteiger partial charge is 0.387 e. The largest absolute Gasteiger partial charge is 0.482 e. The van der Waals surface area contributed by atoms with E-state index in [1.165, 1.54) is 24.4 Å². The van der Waals surface area contributed by atoms with Crippen molar-refractivity contribution in [2.75, 3.05) is 6.61 Å². The van der Waals surface area contributed by atoms with Gasteiger partial charge in [-0.05, 0) is 24.3 Å². The Morgan fingerprint density at radius 2 is 1.88 bits per heavy atom. The number of nitrogens with one attached hydrogen (secondary N) is 1. The van der Waals surface area contributed by atoms with Crippen LogP contribution in [-0.4, -0.2) is 25.3 Å². The Morgan fingerprint density at radius 1 is 1.20 bits per heavy atom. The van der Waals surface area contributed by atoms with Gasteiger partial charge in [-0.25, -0.2) is 5.43 Å². The number of ether oxygens (including phenoxy) is 2. The van der Waals surface area contributed by atoms with Crippen molar-refractivity contribution in [3.63, 3.8) is 0 Å². The maximum absolute atomic E-state index is 12.3. The van der Waals surface area contributed by atoms with Gasteiger partial charge in [0, 0.05) is 5.56 Å². The number of rotatable bonds is 7. The van der Waals surface area contributed by atoms with E-state index in [9.17, 15) is 13.6 Å². The number of hydrogen-bond acceptors (Lipinski definition) is 5. The van der Waals surface area contributed by atoms with Gasteiger partial charge in [0.1, 0.15) is 17.6 Å². The monoisotopic (exact) mass is 345 g/mol. The van der Waals surface area contributed by atoms with Gasteiger partial charge in [-0.3, -0.25) is 4.79 Å². The minimum absolute atomic E-state index is 0.0605. The van der Waals surface area contributed by atoms with E-state index in [4.69, 9.17) is 10.00 Å². The molecule has 0 heterocycles. The lowest BCUT2D eigenvalue weighted by molar-refractivity contribution is -0.123. The van der Waals surface area contributed by atoms with Crippen LogP contribution in [0.5, 0.6) is 11.5 Å². The van der Waals surface area contributed by atoms with Crippen LogP contribution in [0.15, 0.2) is 53.6 Å². The van der Waals surface area contributed by atoms with Crippen molar-refractivity contribution in [2.45, 2.75) is 6.61 Å².